The molecule has 0 spiro atoms. The summed E-state index contributed by atoms with van der Waals surface area (Å²) in [5.74, 6) is 2.60. The molecule has 2 fully saturated rings. The number of carbonyl (C=O) groups excluding carboxylic acids is 1. The smallest absolute Gasteiger partial charge is 0.301 e. The molecule has 1 aliphatic heterocycles. The van der Waals surface area contributed by atoms with Gasteiger partial charge in [0.2, 0.25) is 5.95 Å². The summed E-state index contributed by atoms with van der Waals surface area (Å²) in [7, 11) is 0. The number of hydrogen-bond acceptors (Lipinski definition) is 8. The Labute approximate surface area is 198 Å². The molecule has 1 amide bonds. The van der Waals surface area contributed by atoms with Crippen LogP contribution in [0.3, 0.4) is 0 Å². The predicted molar refractivity (Wildman–Crippen MR) is 127 cm³/mol. The fraction of sp³-hybridized carbons (Fsp3) is 0.542. The molecule has 34 heavy (non-hydrogen) atoms. The molecule has 10 nitrogen and oxygen atoms in total. The number of carbonyl (C=O) groups is 1. The fourth-order valence-electron chi connectivity index (χ4n) is 5.55. The number of amides is 1. The van der Waals surface area contributed by atoms with Crippen LogP contribution in [-0.4, -0.2) is 43.6 Å². The van der Waals surface area contributed by atoms with Crippen molar-refractivity contribution in [2.45, 2.75) is 76.2 Å². The van der Waals surface area contributed by atoms with Crippen molar-refractivity contribution in [1.29, 1.82) is 0 Å². The molecule has 1 saturated heterocycles. The number of oxazole rings is 1. The van der Waals surface area contributed by atoms with Gasteiger partial charge in [0.25, 0.3) is 5.91 Å². The van der Waals surface area contributed by atoms with Crippen LogP contribution in [0.2, 0.25) is 0 Å². The Morgan fingerprint density at radius 3 is 2.85 bits per heavy atom. The van der Waals surface area contributed by atoms with Gasteiger partial charge >= 0.3 is 6.01 Å². The summed E-state index contributed by atoms with van der Waals surface area (Å²) < 4.78 is 5.18. The maximum atomic E-state index is 12.9. The average molecular weight is 463 g/mol. The third kappa shape index (κ3) is 4.12. The summed E-state index contributed by atoms with van der Waals surface area (Å²) in [6.07, 6.45) is 13.9. The highest BCUT2D eigenvalue weighted by atomic mass is 16.4. The van der Waals surface area contributed by atoms with E-state index in [1.54, 1.807) is 0 Å². The lowest BCUT2D eigenvalue weighted by Crippen LogP contribution is -2.40. The van der Waals surface area contributed by atoms with Gasteiger partial charge < -0.3 is 14.6 Å². The second-order valence-electron chi connectivity index (χ2n) is 9.50. The van der Waals surface area contributed by atoms with E-state index in [-0.39, 0.29) is 18.0 Å². The number of aromatic amines is 1. The van der Waals surface area contributed by atoms with E-state index in [1.807, 2.05) is 4.90 Å². The molecule has 6 rings (SSSR count). The van der Waals surface area contributed by atoms with E-state index in [1.165, 1.54) is 50.3 Å². The summed E-state index contributed by atoms with van der Waals surface area (Å²) in [4.78, 5) is 28.7. The zero-order valence-electron chi connectivity index (χ0n) is 19.2. The first kappa shape index (κ1) is 21.1. The number of nitrogens with one attached hydrogen (secondary N) is 3. The first-order valence-corrected chi connectivity index (χ1v) is 12.4. The SMILES string of the molecule is O=C(Nc1ncco1)[C@@H]1CCCN1c1nc2c(c(Nc3cc(C4CCCCC4)[nH]n3)n1)CCC2. The van der Waals surface area contributed by atoms with Gasteiger partial charge in [-0.05, 0) is 44.9 Å². The highest BCUT2D eigenvalue weighted by molar-refractivity contribution is 5.95. The topological polar surface area (TPSA) is 125 Å². The minimum absolute atomic E-state index is 0.150. The third-order valence-corrected chi connectivity index (χ3v) is 7.29. The highest BCUT2D eigenvalue weighted by Gasteiger charge is 2.34. The maximum absolute atomic E-state index is 12.9. The largest absolute Gasteiger partial charge is 0.432 e. The standard InChI is InChI=1S/C24H30N8O2/c33-22(29-24-25-11-13-34-24)19-10-5-12-32(19)23-26-17-9-4-8-16(17)21(28-23)27-20-14-18(30-31-20)15-6-2-1-3-7-15/h11,13-15,19H,1-10,12H2,(H,25,29,33)(H2,26,27,28,30,31)/t19-/m0/s1. The van der Waals surface area contributed by atoms with Crippen molar-refractivity contribution in [3.63, 3.8) is 0 Å². The second-order valence-corrected chi connectivity index (χ2v) is 9.50. The zero-order chi connectivity index (χ0) is 22.9. The van der Waals surface area contributed by atoms with E-state index in [9.17, 15) is 4.79 Å². The third-order valence-electron chi connectivity index (χ3n) is 7.29. The average Bonchev–Trinajstić information content (AvgIpc) is 3.67. The van der Waals surface area contributed by atoms with Gasteiger partial charge in [0.05, 0.1) is 11.9 Å². The molecule has 3 aromatic rings. The van der Waals surface area contributed by atoms with Gasteiger partial charge in [0, 0.05) is 29.8 Å². The van der Waals surface area contributed by atoms with Crippen LogP contribution in [0.1, 0.15) is 74.2 Å². The van der Waals surface area contributed by atoms with Gasteiger partial charge in [-0.2, -0.15) is 10.1 Å². The molecule has 3 N–H and O–H groups in total. The molecule has 10 heteroatoms. The normalized spacial score (nSPS) is 20.5. The molecule has 0 bridgehead atoms. The number of fused-ring (bicyclic) bond motifs is 1. The van der Waals surface area contributed by atoms with Gasteiger partial charge in [0.15, 0.2) is 5.82 Å². The van der Waals surface area contributed by atoms with E-state index < -0.39 is 0 Å². The van der Waals surface area contributed by atoms with Crippen LogP contribution >= 0.6 is 0 Å². The number of aryl methyl sites for hydroxylation is 1. The fourth-order valence-corrected chi connectivity index (χ4v) is 5.55. The van der Waals surface area contributed by atoms with E-state index >= 15 is 0 Å². The van der Waals surface area contributed by atoms with Gasteiger partial charge in [-0.25, -0.2) is 9.97 Å². The first-order valence-electron chi connectivity index (χ1n) is 12.4. The van der Waals surface area contributed by atoms with Gasteiger partial charge in [-0.1, -0.05) is 19.3 Å². The molecule has 1 atom stereocenters. The van der Waals surface area contributed by atoms with Crippen molar-refractivity contribution in [2.24, 2.45) is 0 Å². The van der Waals surface area contributed by atoms with Crippen molar-refractivity contribution in [3.8, 4) is 0 Å². The van der Waals surface area contributed by atoms with Crippen LogP contribution in [0.4, 0.5) is 23.6 Å². The van der Waals surface area contributed by atoms with E-state index in [0.29, 0.717) is 11.9 Å². The van der Waals surface area contributed by atoms with Crippen LogP contribution in [0, 0.1) is 0 Å². The minimum Gasteiger partial charge on any atom is -0.432 e. The molecular formula is C24H30N8O2. The lowest BCUT2D eigenvalue weighted by atomic mass is 9.87. The molecule has 2 aliphatic carbocycles. The molecule has 4 heterocycles. The molecule has 3 aliphatic rings. The summed E-state index contributed by atoms with van der Waals surface area (Å²) in [5, 5.41) is 14.0. The van der Waals surface area contributed by atoms with Crippen LogP contribution in [0.15, 0.2) is 22.9 Å². The van der Waals surface area contributed by atoms with Crippen LogP contribution < -0.4 is 15.5 Å². The second kappa shape index (κ2) is 9.08. The number of aromatic nitrogens is 5. The summed E-state index contributed by atoms with van der Waals surface area (Å²) in [6.45, 7) is 0.732. The van der Waals surface area contributed by atoms with Crippen LogP contribution in [0.25, 0.3) is 0 Å². The maximum Gasteiger partial charge on any atom is 0.301 e. The van der Waals surface area contributed by atoms with Crippen LogP contribution in [-0.2, 0) is 17.6 Å². The Balaban J connectivity index is 1.24. The molecular weight excluding hydrogens is 432 g/mol. The monoisotopic (exact) mass is 462 g/mol. The lowest BCUT2D eigenvalue weighted by molar-refractivity contribution is -0.117. The van der Waals surface area contributed by atoms with Gasteiger partial charge in [-0.3, -0.25) is 15.2 Å². The number of H-pyrrole nitrogens is 1. The van der Waals surface area contributed by atoms with Crippen molar-refractivity contribution >= 4 is 29.5 Å². The first-order chi connectivity index (χ1) is 16.7. The highest BCUT2D eigenvalue weighted by Crippen LogP contribution is 2.35. The summed E-state index contributed by atoms with van der Waals surface area (Å²) in [5.41, 5.74) is 3.43. The quantitative estimate of drug-likeness (QED) is 0.501. The van der Waals surface area contributed by atoms with Gasteiger partial charge in [0.1, 0.15) is 18.1 Å². The molecule has 3 aromatic heterocycles. The number of hydrogen-bond donors (Lipinski definition) is 3. The van der Waals surface area contributed by atoms with Crippen molar-refractivity contribution in [1.82, 2.24) is 25.1 Å². The number of rotatable bonds is 6. The van der Waals surface area contributed by atoms with Crippen molar-refractivity contribution < 1.29 is 9.21 Å². The zero-order valence-corrected chi connectivity index (χ0v) is 19.2. The van der Waals surface area contributed by atoms with Crippen molar-refractivity contribution in [2.75, 3.05) is 22.1 Å². The lowest BCUT2D eigenvalue weighted by Gasteiger charge is -2.24. The molecule has 178 valence electrons. The Bertz CT molecular complexity index is 1150. The minimum atomic E-state index is -0.359. The number of nitrogens with zero attached hydrogens (tertiary/aromatic N) is 5. The Hall–Kier alpha value is -3.43. The molecule has 1 saturated carbocycles. The van der Waals surface area contributed by atoms with E-state index in [0.717, 1.165) is 61.5 Å². The van der Waals surface area contributed by atoms with Crippen molar-refractivity contribution in [3.05, 3.63) is 35.5 Å². The predicted octanol–water partition coefficient (Wildman–Crippen LogP) is 4.08. The molecule has 0 radical (unpaired) electrons. The Kier molecular flexibility index (Phi) is 5.64. The summed E-state index contributed by atoms with van der Waals surface area (Å²) in [6, 6.07) is 1.98. The molecule has 0 aromatic carbocycles. The number of anilines is 4. The van der Waals surface area contributed by atoms with Gasteiger partial charge in [-0.15, -0.1) is 0 Å². The Morgan fingerprint density at radius 2 is 2.00 bits per heavy atom. The van der Waals surface area contributed by atoms with E-state index in [4.69, 9.17) is 14.4 Å². The Morgan fingerprint density at radius 1 is 1.09 bits per heavy atom. The van der Waals surface area contributed by atoms with Crippen LogP contribution in [0.5, 0.6) is 0 Å². The summed E-state index contributed by atoms with van der Waals surface area (Å²) >= 11 is 0. The van der Waals surface area contributed by atoms with E-state index in [2.05, 4.69) is 31.9 Å². The molecule has 0 unspecified atom stereocenters.